The van der Waals surface area contributed by atoms with Gasteiger partial charge in [-0.05, 0) is 43.3 Å². The van der Waals surface area contributed by atoms with Gasteiger partial charge in [-0.15, -0.1) is 0 Å². The van der Waals surface area contributed by atoms with Gasteiger partial charge in [0, 0.05) is 11.3 Å². The fraction of sp³-hybridized carbons (Fsp3) is 0.0667. The van der Waals surface area contributed by atoms with Crippen molar-refractivity contribution in [2.75, 3.05) is 5.32 Å². The van der Waals surface area contributed by atoms with Crippen molar-refractivity contribution in [1.29, 1.82) is 0 Å². The van der Waals surface area contributed by atoms with Crippen molar-refractivity contribution in [1.82, 2.24) is 0 Å². The number of carbonyl (C=O) groups excluding carboxylic acids is 2. The highest BCUT2D eigenvalue weighted by Crippen LogP contribution is 2.21. The first-order valence-corrected chi connectivity index (χ1v) is 6.23. The maximum atomic E-state index is 13.3. The first kappa shape index (κ1) is 14.2. The van der Waals surface area contributed by atoms with Crippen molar-refractivity contribution in [2.24, 2.45) is 0 Å². The lowest BCUT2D eigenvalue weighted by Gasteiger charge is -2.07. The van der Waals surface area contributed by atoms with Crippen LogP contribution in [0.15, 0.2) is 42.5 Å². The maximum absolute atomic E-state index is 13.3. The van der Waals surface area contributed by atoms with Crippen molar-refractivity contribution >= 4 is 29.0 Å². The normalized spacial score (nSPS) is 10.2. The molecule has 0 aromatic heterocycles. The molecule has 0 saturated heterocycles. The van der Waals surface area contributed by atoms with Gasteiger partial charge in [0.05, 0.1) is 10.6 Å². The van der Waals surface area contributed by atoms with Gasteiger partial charge in [0.25, 0.3) is 5.91 Å². The lowest BCUT2D eigenvalue weighted by molar-refractivity contribution is 0.101. The topological polar surface area (TPSA) is 46.2 Å². The van der Waals surface area contributed by atoms with E-state index in [1.807, 2.05) is 0 Å². The van der Waals surface area contributed by atoms with Crippen LogP contribution in [0, 0.1) is 5.82 Å². The lowest BCUT2D eigenvalue weighted by atomic mass is 10.1. The standard InChI is InChI=1S/C15H11ClFNO2/c1-9(19)10-5-7-11(8-6-10)18-15(20)12-3-2-4-13(17)14(12)16/h2-8H,1H3,(H,18,20). The molecular formula is C15H11ClFNO2. The Morgan fingerprint density at radius 2 is 1.75 bits per heavy atom. The Kier molecular flexibility index (Phi) is 4.15. The fourth-order valence-electron chi connectivity index (χ4n) is 1.67. The highest BCUT2D eigenvalue weighted by molar-refractivity contribution is 6.34. The van der Waals surface area contributed by atoms with E-state index in [2.05, 4.69) is 5.32 Å². The minimum Gasteiger partial charge on any atom is -0.322 e. The lowest BCUT2D eigenvalue weighted by Crippen LogP contribution is -2.13. The summed E-state index contributed by atoms with van der Waals surface area (Å²) in [5.74, 6) is -1.22. The van der Waals surface area contributed by atoms with Crippen LogP contribution in [0.5, 0.6) is 0 Å². The molecule has 0 aliphatic rings. The van der Waals surface area contributed by atoms with Crippen LogP contribution >= 0.6 is 11.6 Å². The molecule has 0 unspecified atom stereocenters. The zero-order valence-electron chi connectivity index (χ0n) is 10.6. The van der Waals surface area contributed by atoms with E-state index in [9.17, 15) is 14.0 Å². The van der Waals surface area contributed by atoms with Crippen LogP contribution in [0.1, 0.15) is 27.6 Å². The minimum atomic E-state index is -0.647. The highest BCUT2D eigenvalue weighted by atomic mass is 35.5. The van der Waals surface area contributed by atoms with Crippen molar-refractivity contribution in [3.63, 3.8) is 0 Å². The van der Waals surface area contributed by atoms with Crippen LogP contribution in [0.4, 0.5) is 10.1 Å². The molecule has 2 aromatic rings. The summed E-state index contributed by atoms with van der Waals surface area (Å²) in [6.07, 6.45) is 0. The summed E-state index contributed by atoms with van der Waals surface area (Å²) in [5, 5.41) is 2.37. The maximum Gasteiger partial charge on any atom is 0.257 e. The van der Waals surface area contributed by atoms with E-state index in [1.165, 1.54) is 25.1 Å². The zero-order chi connectivity index (χ0) is 14.7. The van der Waals surface area contributed by atoms with Crippen LogP contribution in [-0.4, -0.2) is 11.7 Å². The Balaban J connectivity index is 2.19. The molecule has 5 heteroatoms. The molecule has 0 atom stereocenters. The van der Waals surface area contributed by atoms with Gasteiger partial charge in [0.15, 0.2) is 5.78 Å². The summed E-state index contributed by atoms with van der Waals surface area (Å²) >= 11 is 5.74. The molecule has 0 aliphatic heterocycles. The summed E-state index contributed by atoms with van der Waals surface area (Å²) in [7, 11) is 0. The quantitative estimate of drug-likeness (QED) is 0.871. The predicted molar refractivity (Wildman–Crippen MR) is 75.8 cm³/mol. The summed E-state index contributed by atoms with van der Waals surface area (Å²) in [6.45, 7) is 1.46. The highest BCUT2D eigenvalue weighted by Gasteiger charge is 2.13. The second-order valence-electron chi connectivity index (χ2n) is 4.19. The molecule has 2 aromatic carbocycles. The minimum absolute atomic E-state index is 0.0577. The molecule has 0 saturated carbocycles. The SMILES string of the molecule is CC(=O)c1ccc(NC(=O)c2cccc(F)c2Cl)cc1. The summed E-state index contributed by atoms with van der Waals surface area (Å²) in [4.78, 5) is 23.1. The number of hydrogen-bond acceptors (Lipinski definition) is 2. The van der Waals surface area contributed by atoms with Crippen molar-refractivity contribution in [2.45, 2.75) is 6.92 Å². The number of anilines is 1. The van der Waals surface area contributed by atoms with E-state index in [1.54, 1.807) is 24.3 Å². The molecule has 20 heavy (non-hydrogen) atoms. The smallest absolute Gasteiger partial charge is 0.257 e. The van der Waals surface area contributed by atoms with Crippen LogP contribution in [-0.2, 0) is 0 Å². The molecule has 0 aliphatic carbocycles. The number of Topliss-reactive ketones (excluding diaryl/α,β-unsaturated/α-hetero) is 1. The second kappa shape index (κ2) is 5.84. The van der Waals surface area contributed by atoms with Gasteiger partial charge in [-0.2, -0.15) is 0 Å². The van der Waals surface area contributed by atoms with E-state index in [-0.39, 0.29) is 16.4 Å². The molecular weight excluding hydrogens is 281 g/mol. The molecule has 3 nitrogen and oxygen atoms in total. The summed E-state index contributed by atoms with van der Waals surface area (Å²) in [5.41, 5.74) is 1.11. The van der Waals surface area contributed by atoms with Crippen LogP contribution in [0.25, 0.3) is 0 Å². The average Bonchev–Trinajstić information content (AvgIpc) is 2.42. The van der Waals surface area contributed by atoms with Crippen molar-refractivity contribution in [3.05, 3.63) is 64.4 Å². The molecule has 0 fully saturated rings. The summed E-state index contributed by atoms with van der Waals surface area (Å²) in [6, 6.07) is 10.4. The molecule has 0 heterocycles. The number of halogens is 2. The van der Waals surface area contributed by atoms with Crippen LogP contribution < -0.4 is 5.32 Å². The number of carbonyl (C=O) groups is 2. The Morgan fingerprint density at radius 3 is 2.35 bits per heavy atom. The molecule has 1 N–H and O–H groups in total. The molecule has 1 amide bonds. The Morgan fingerprint density at radius 1 is 1.10 bits per heavy atom. The molecule has 0 radical (unpaired) electrons. The predicted octanol–water partition coefficient (Wildman–Crippen LogP) is 3.93. The summed E-state index contributed by atoms with van der Waals surface area (Å²) < 4.78 is 13.3. The number of nitrogens with one attached hydrogen (secondary N) is 1. The van der Waals surface area contributed by atoms with Gasteiger partial charge in [-0.1, -0.05) is 17.7 Å². The number of hydrogen-bond donors (Lipinski definition) is 1. The van der Waals surface area contributed by atoms with Gasteiger partial charge < -0.3 is 5.32 Å². The van der Waals surface area contributed by atoms with Gasteiger partial charge in [0.1, 0.15) is 5.82 Å². The van der Waals surface area contributed by atoms with E-state index in [4.69, 9.17) is 11.6 Å². The second-order valence-corrected chi connectivity index (χ2v) is 4.57. The zero-order valence-corrected chi connectivity index (χ0v) is 11.4. The van der Waals surface area contributed by atoms with E-state index in [0.717, 1.165) is 0 Å². The number of rotatable bonds is 3. The molecule has 0 bridgehead atoms. The Hall–Kier alpha value is -2.20. The number of benzene rings is 2. The van der Waals surface area contributed by atoms with Gasteiger partial charge in [-0.3, -0.25) is 9.59 Å². The monoisotopic (exact) mass is 291 g/mol. The van der Waals surface area contributed by atoms with E-state index < -0.39 is 11.7 Å². The van der Waals surface area contributed by atoms with E-state index >= 15 is 0 Å². The third-order valence-electron chi connectivity index (χ3n) is 2.75. The first-order chi connectivity index (χ1) is 9.49. The van der Waals surface area contributed by atoms with Crippen LogP contribution in [0.3, 0.4) is 0 Å². The average molecular weight is 292 g/mol. The third-order valence-corrected chi connectivity index (χ3v) is 3.13. The van der Waals surface area contributed by atoms with Gasteiger partial charge in [0.2, 0.25) is 0 Å². The van der Waals surface area contributed by atoms with Crippen molar-refractivity contribution in [3.8, 4) is 0 Å². The largest absolute Gasteiger partial charge is 0.322 e. The molecule has 0 spiro atoms. The fourth-order valence-corrected chi connectivity index (χ4v) is 1.88. The van der Waals surface area contributed by atoms with Crippen molar-refractivity contribution < 1.29 is 14.0 Å². The Labute approximate surface area is 120 Å². The first-order valence-electron chi connectivity index (χ1n) is 5.85. The van der Waals surface area contributed by atoms with Gasteiger partial charge in [-0.25, -0.2) is 4.39 Å². The molecule has 102 valence electrons. The number of amides is 1. The number of ketones is 1. The third kappa shape index (κ3) is 3.03. The molecule has 2 rings (SSSR count). The van der Waals surface area contributed by atoms with Crippen LogP contribution in [0.2, 0.25) is 5.02 Å². The van der Waals surface area contributed by atoms with E-state index in [0.29, 0.717) is 11.3 Å². The Bertz CT molecular complexity index is 668. The van der Waals surface area contributed by atoms with Gasteiger partial charge >= 0.3 is 0 Å².